The van der Waals surface area contributed by atoms with Crippen molar-refractivity contribution in [2.24, 2.45) is 5.92 Å². The smallest absolute Gasteiger partial charge is 0.267 e. The molecule has 1 saturated heterocycles. The Morgan fingerprint density at radius 3 is 2.77 bits per heavy atom. The number of piperidine rings is 1. The Morgan fingerprint density at radius 2 is 2.09 bits per heavy atom. The van der Waals surface area contributed by atoms with Crippen molar-refractivity contribution >= 4 is 29.1 Å². The molecule has 8 heteroatoms. The molecule has 4 rings (SSSR count). The molecule has 1 atom stereocenters. The fraction of sp³-hybridized carbons (Fsp3) is 0.333. The summed E-state index contributed by atoms with van der Waals surface area (Å²) in [5.74, 6) is 1.06. The van der Waals surface area contributed by atoms with Crippen LogP contribution in [0.25, 0.3) is 11.7 Å². The van der Waals surface area contributed by atoms with Gasteiger partial charge >= 0.3 is 0 Å². The molecule has 1 amide bonds. The van der Waals surface area contributed by atoms with Gasteiger partial charge in [0.15, 0.2) is 0 Å². The van der Waals surface area contributed by atoms with Crippen molar-refractivity contribution in [3.63, 3.8) is 0 Å². The highest BCUT2D eigenvalue weighted by molar-refractivity contribution is 6.10. The van der Waals surface area contributed by atoms with Gasteiger partial charge in [0.05, 0.1) is 12.2 Å². The lowest BCUT2D eigenvalue weighted by Gasteiger charge is -2.32. The first kappa shape index (κ1) is 24.0. The number of hydrogen-bond donors (Lipinski definition) is 1. The van der Waals surface area contributed by atoms with Gasteiger partial charge in [0.1, 0.15) is 28.9 Å². The normalized spacial score (nSPS) is 16.1. The second kappa shape index (κ2) is 10.4. The number of nitrogens with zero attached hydrogens (tertiary/aromatic N) is 4. The van der Waals surface area contributed by atoms with Crippen LogP contribution in [0.3, 0.4) is 0 Å². The van der Waals surface area contributed by atoms with Crippen LogP contribution in [0.1, 0.15) is 37.8 Å². The van der Waals surface area contributed by atoms with E-state index in [0.717, 1.165) is 31.5 Å². The Balaban J connectivity index is 1.76. The number of benzene rings is 1. The van der Waals surface area contributed by atoms with Crippen molar-refractivity contribution in [1.82, 2.24) is 9.38 Å². The Kier molecular flexibility index (Phi) is 7.16. The zero-order valence-electron chi connectivity index (χ0n) is 20.2. The molecule has 8 nitrogen and oxygen atoms in total. The molecule has 0 saturated carbocycles. The van der Waals surface area contributed by atoms with Crippen molar-refractivity contribution in [1.29, 1.82) is 5.26 Å². The van der Waals surface area contributed by atoms with E-state index >= 15 is 0 Å². The Labute approximate surface area is 204 Å². The summed E-state index contributed by atoms with van der Waals surface area (Å²) in [5, 5.41) is 12.5. The molecule has 180 valence electrons. The van der Waals surface area contributed by atoms with E-state index in [-0.39, 0.29) is 16.7 Å². The van der Waals surface area contributed by atoms with E-state index in [0.29, 0.717) is 35.4 Å². The Bertz CT molecular complexity index is 1370. The monoisotopic (exact) mass is 471 g/mol. The van der Waals surface area contributed by atoms with Gasteiger partial charge < -0.3 is 15.0 Å². The number of fused-ring (bicyclic) bond motifs is 1. The van der Waals surface area contributed by atoms with E-state index in [4.69, 9.17) is 9.72 Å². The van der Waals surface area contributed by atoms with Crippen LogP contribution in [-0.2, 0) is 4.79 Å². The van der Waals surface area contributed by atoms with E-state index < -0.39 is 5.91 Å². The molecule has 1 N–H and O–H groups in total. The SMILES string of the molecule is CCOc1ccc(NC(=O)C(C#N)=Cc2c(N3CCCC(C)C3)nc3c(C)cccn3c2=O)cc1. The summed E-state index contributed by atoms with van der Waals surface area (Å²) < 4.78 is 6.89. The maximum atomic E-state index is 13.6. The van der Waals surface area contributed by atoms with Gasteiger partial charge in [0.25, 0.3) is 11.5 Å². The first-order valence-electron chi connectivity index (χ1n) is 11.8. The second-order valence-corrected chi connectivity index (χ2v) is 8.81. The minimum atomic E-state index is -0.594. The zero-order chi connectivity index (χ0) is 24.9. The van der Waals surface area contributed by atoms with Gasteiger partial charge in [0, 0.05) is 25.0 Å². The maximum Gasteiger partial charge on any atom is 0.267 e. The van der Waals surface area contributed by atoms with Gasteiger partial charge in [-0.05, 0) is 74.6 Å². The lowest BCUT2D eigenvalue weighted by molar-refractivity contribution is -0.112. The Hall–Kier alpha value is -4.12. The third kappa shape index (κ3) is 5.19. The first-order valence-corrected chi connectivity index (χ1v) is 11.8. The standard InChI is InChI=1S/C27H29N5O3/c1-4-35-22-11-9-21(10-12-22)29-26(33)20(16-28)15-23-25(31-13-5-7-18(2)17-31)30-24-19(3)8-6-14-32(24)27(23)34/h6,8-12,14-15,18H,4-5,7,13,17H2,1-3H3,(H,29,33). The van der Waals surface area contributed by atoms with Gasteiger partial charge in [-0.3, -0.25) is 14.0 Å². The summed E-state index contributed by atoms with van der Waals surface area (Å²) in [6, 6.07) is 12.5. The fourth-order valence-electron chi connectivity index (χ4n) is 4.34. The van der Waals surface area contributed by atoms with Crippen molar-refractivity contribution in [2.45, 2.75) is 33.6 Å². The second-order valence-electron chi connectivity index (χ2n) is 8.81. The number of aryl methyl sites for hydroxylation is 1. The van der Waals surface area contributed by atoms with Crippen molar-refractivity contribution < 1.29 is 9.53 Å². The highest BCUT2D eigenvalue weighted by Crippen LogP contribution is 2.26. The van der Waals surface area contributed by atoms with E-state index in [1.165, 1.54) is 10.5 Å². The largest absolute Gasteiger partial charge is 0.494 e. The molecule has 0 bridgehead atoms. The average Bonchev–Trinajstić information content (AvgIpc) is 2.85. The van der Waals surface area contributed by atoms with Crippen LogP contribution >= 0.6 is 0 Å². The Morgan fingerprint density at radius 1 is 1.31 bits per heavy atom. The predicted molar refractivity (Wildman–Crippen MR) is 137 cm³/mol. The quantitative estimate of drug-likeness (QED) is 0.428. The minimum Gasteiger partial charge on any atom is -0.494 e. The predicted octanol–water partition coefficient (Wildman–Crippen LogP) is 4.18. The number of amides is 1. The molecule has 3 aromatic rings. The molecule has 1 fully saturated rings. The van der Waals surface area contributed by atoms with Crippen LogP contribution in [0.2, 0.25) is 0 Å². The maximum absolute atomic E-state index is 13.6. The molecule has 1 aliphatic rings. The number of pyridine rings is 1. The summed E-state index contributed by atoms with van der Waals surface area (Å²) in [4.78, 5) is 33.4. The zero-order valence-corrected chi connectivity index (χ0v) is 20.2. The summed E-state index contributed by atoms with van der Waals surface area (Å²) in [6.07, 6.45) is 5.12. The first-order chi connectivity index (χ1) is 16.9. The summed E-state index contributed by atoms with van der Waals surface area (Å²) in [5.41, 5.74) is 1.72. The third-order valence-corrected chi connectivity index (χ3v) is 6.10. The number of anilines is 2. The number of nitrogens with one attached hydrogen (secondary N) is 1. The molecular formula is C27H29N5O3. The number of carbonyl (C=O) groups excluding carboxylic acids is 1. The van der Waals surface area contributed by atoms with Crippen LogP contribution < -0.4 is 20.5 Å². The molecule has 0 spiro atoms. The van der Waals surface area contributed by atoms with Gasteiger partial charge in [-0.1, -0.05) is 13.0 Å². The molecule has 3 heterocycles. The number of ether oxygens (including phenoxy) is 1. The highest BCUT2D eigenvalue weighted by atomic mass is 16.5. The topological polar surface area (TPSA) is 99.7 Å². The van der Waals surface area contributed by atoms with Crippen molar-refractivity contribution in [3.8, 4) is 11.8 Å². The van der Waals surface area contributed by atoms with Crippen LogP contribution in [0.5, 0.6) is 5.75 Å². The number of hydrogen-bond acceptors (Lipinski definition) is 6. The van der Waals surface area contributed by atoms with Gasteiger partial charge in [-0.15, -0.1) is 0 Å². The number of carbonyl (C=O) groups is 1. The summed E-state index contributed by atoms with van der Waals surface area (Å²) >= 11 is 0. The fourth-order valence-corrected chi connectivity index (χ4v) is 4.34. The summed E-state index contributed by atoms with van der Waals surface area (Å²) in [6.45, 7) is 8.04. The van der Waals surface area contributed by atoms with Gasteiger partial charge in [-0.2, -0.15) is 5.26 Å². The molecule has 2 aromatic heterocycles. The third-order valence-electron chi connectivity index (χ3n) is 6.10. The van der Waals surface area contributed by atoms with Crippen LogP contribution in [-0.4, -0.2) is 35.0 Å². The molecule has 1 aliphatic heterocycles. The van der Waals surface area contributed by atoms with Crippen LogP contribution in [0.4, 0.5) is 11.5 Å². The molecule has 0 radical (unpaired) electrons. The molecule has 0 aliphatic carbocycles. The lowest BCUT2D eigenvalue weighted by atomic mass is 10.00. The van der Waals surface area contributed by atoms with Crippen molar-refractivity contribution in [2.75, 3.05) is 29.9 Å². The molecular weight excluding hydrogens is 442 g/mol. The molecule has 1 aromatic carbocycles. The average molecular weight is 472 g/mol. The van der Waals surface area contributed by atoms with Crippen molar-refractivity contribution in [3.05, 3.63) is 69.6 Å². The highest BCUT2D eigenvalue weighted by Gasteiger charge is 2.24. The van der Waals surface area contributed by atoms with Gasteiger partial charge in [-0.25, -0.2) is 4.98 Å². The van der Waals surface area contributed by atoms with E-state index in [9.17, 15) is 14.9 Å². The molecule has 1 unspecified atom stereocenters. The molecule has 35 heavy (non-hydrogen) atoms. The van der Waals surface area contributed by atoms with E-state index in [1.54, 1.807) is 36.5 Å². The van der Waals surface area contributed by atoms with E-state index in [2.05, 4.69) is 17.1 Å². The lowest BCUT2D eigenvalue weighted by Crippen LogP contribution is -2.37. The number of nitriles is 1. The van der Waals surface area contributed by atoms with Crippen LogP contribution in [0, 0.1) is 24.2 Å². The summed E-state index contributed by atoms with van der Waals surface area (Å²) in [7, 11) is 0. The number of aromatic nitrogens is 2. The van der Waals surface area contributed by atoms with Gasteiger partial charge in [0.2, 0.25) is 0 Å². The van der Waals surface area contributed by atoms with Crippen LogP contribution in [0.15, 0.2) is 53.0 Å². The number of rotatable bonds is 6. The van der Waals surface area contributed by atoms with E-state index in [1.807, 2.05) is 26.0 Å². The minimum absolute atomic E-state index is 0.170.